The first-order valence-corrected chi connectivity index (χ1v) is 9.76. The number of nitrogens with zero attached hydrogens (tertiary/aromatic N) is 3. The number of thiazole rings is 1. The highest BCUT2D eigenvalue weighted by molar-refractivity contribution is 7.16. The number of aromatic nitrogens is 1. The molecular weight excluding hydrogens is 408 g/mol. The van der Waals surface area contributed by atoms with Gasteiger partial charge in [-0.05, 0) is 38.2 Å². The molecule has 160 valence electrons. The van der Waals surface area contributed by atoms with Crippen LogP contribution < -0.4 is 10.2 Å². The van der Waals surface area contributed by atoms with Crippen molar-refractivity contribution in [1.29, 1.82) is 0 Å². The number of alkyl halides is 3. The zero-order valence-corrected chi connectivity index (χ0v) is 17.7. The highest BCUT2D eigenvalue weighted by Crippen LogP contribution is 2.36. The molecule has 1 heterocycles. The quantitative estimate of drug-likeness (QED) is 0.646. The second-order valence-electron chi connectivity index (χ2n) is 7.23. The summed E-state index contributed by atoms with van der Waals surface area (Å²) in [7, 11) is 5.72. The Balaban J connectivity index is 2.34. The average Bonchev–Trinajstić information content (AvgIpc) is 3.06. The van der Waals surface area contributed by atoms with Crippen LogP contribution >= 0.6 is 11.3 Å². The van der Waals surface area contributed by atoms with Crippen molar-refractivity contribution >= 4 is 28.1 Å². The number of benzene rings is 1. The van der Waals surface area contributed by atoms with Crippen molar-refractivity contribution < 1.29 is 22.4 Å². The molecule has 0 aliphatic rings. The molecule has 0 aliphatic carbocycles. The molecule has 1 amide bonds. The summed E-state index contributed by atoms with van der Waals surface area (Å²) in [5.41, 5.74) is -1.67. The summed E-state index contributed by atoms with van der Waals surface area (Å²) in [5, 5.41) is 2.86. The van der Waals surface area contributed by atoms with Crippen molar-refractivity contribution in [3.05, 3.63) is 40.2 Å². The highest BCUT2D eigenvalue weighted by Gasteiger charge is 2.35. The topological polar surface area (TPSA) is 48.5 Å². The van der Waals surface area contributed by atoms with Gasteiger partial charge in [0.2, 0.25) is 0 Å². The third kappa shape index (κ3) is 5.89. The van der Waals surface area contributed by atoms with Gasteiger partial charge < -0.3 is 15.1 Å². The summed E-state index contributed by atoms with van der Waals surface area (Å²) < 4.78 is 52.9. The van der Waals surface area contributed by atoms with E-state index in [0.717, 1.165) is 18.7 Å². The number of rotatable bonds is 7. The molecule has 29 heavy (non-hydrogen) atoms. The SMILES string of the molecule is CC(C)c1sc(N(C)CCN(C)C)nc1C(=O)Nc1ccc(F)cc1C(F)(F)F. The minimum atomic E-state index is -4.80. The third-order valence-electron chi connectivity index (χ3n) is 4.13. The van der Waals surface area contributed by atoms with Gasteiger partial charge in [-0.2, -0.15) is 13.2 Å². The van der Waals surface area contributed by atoms with Gasteiger partial charge in [-0.1, -0.05) is 13.8 Å². The van der Waals surface area contributed by atoms with Crippen molar-refractivity contribution in [2.24, 2.45) is 0 Å². The van der Waals surface area contributed by atoms with Crippen molar-refractivity contribution in [3.63, 3.8) is 0 Å². The summed E-state index contributed by atoms with van der Waals surface area (Å²) in [4.78, 5) is 21.7. The van der Waals surface area contributed by atoms with E-state index in [2.05, 4.69) is 10.3 Å². The van der Waals surface area contributed by atoms with E-state index >= 15 is 0 Å². The van der Waals surface area contributed by atoms with Crippen molar-refractivity contribution in [1.82, 2.24) is 9.88 Å². The summed E-state index contributed by atoms with van der Waals surface area (Å²) in [6, 6.07) is 2.14. The van der Waals surface area contributed by atoms with Gasteiger partial charge in [-0.25, -0.2) is 9.37 Å². The van der Waals surface area contributed by atoms with E-state index in [1.54, 1.807) is 0 Å². The minimum absolute atomic E-state index is 0.0421. The van der Waals surface area contributed by atoms with Crippen molar-refractivity contribution in [2.45, 2.75) is 25.9 Å². The van der Waals surface area contributed by atoms with Crippen LogP contribution in [0.1, 0.15) is 40.7 Å². The molecule has 1 aromatic heterocycles. The molecule has 1 N–H and O–H groups in total. The van der Waals surface area contributed by atoms with E-state index < -0.39 is 29.2 Å². The van der Waals surface area contributed by atoms with Gasteiger partial charge in [0, 0.05) is 25.0 Å². The first-order chi connectivity index (χ1) is 13.4. The maximum absolute atomic E-state index is 13.3. The third-order valence-corrected chi connectivity index (χ3v) is 5.60. The Morgan fingerprint density at radius 1 is 1.21 bits per heavy atom. The molecule has 2 aromatic rings. The molecule has 0 saturated carbocycles. The molecule has 0 aliphatic heterocycles. The fourth-order valence-corrected chi connectivity index (χ4v) is 3.58. The zero-order chi connectivity index (χ0) is 21.9. The lowest BCUT2D eigenvalue weighted by atomic mass is 10.1. The average molecular weight is 432 g/mol. The summed E-state index contributed by atoms with van der Waals surface area (Å²) in [6.45, 7) is 5.22. The number of anilines is 2. The van der Waals surface area contributed by atoms with Crippen molar-refractivity contribution in [3.8, 4) is 0 Å². The Kier molecular flexibility index (Phi) is 7.23. The van der Waals surface area contributed by atoms with Crippen LogP contribution in [-0.2, 0) is 6.18 Å². The molecule has 0 unspecified atom stereocenters. The van der Waals surface area contributed by atoms with Crippen LogP contribution in [-0.4, -0.2) is 50.0 Å². The standard InChI is InChI=1S/C19H24F4N4OS/c1-11(2)16-15(25-18(29-16)27(5)9-8-26(3)4)17(28)24-14-7-6-12(20)10-13(14)19(21,22)23/h6-7,10-11H,8-9H2,1-5H3,(H,24,28). The molecule has 0 saturated heterocycles. The number of carbonyl (C=O) groups excluding carboxylic acids is 1. The molecule has 2 rings (SSSR count). The van der Waals surface area contributed by atoms with Crippen molar-refractivity contribution in [2.75, 3.05) is 44.4 Å². The Bertz CT molecular complexity index is 864. The number of carbonyl (C=O) groups is 1. The van der Waals surface area contributed by atoms with Gasteiger partial charge in [0.15, 0.2) is 5.13 Å². The molecule has 0 spiro atoms. The number of halogens is 4. The van der Waals surface area contributed by atoms with Crippen LogP contribution in [0.3, 0.4) is 0 Å². The Morgan fingerprint density at radius 2 is 1.86 bits per heavy atom. The first-order valence-electron chi connectivity index (χ1n) is 8.94. The van der Waals surface area contributed by atoms with Gasteiger partial charge in [-0.15, -0.1) is 11.3 Å². The van der Waals surface area contributed by atoms with Crippen LogP contribution in [0.15, 0.2) is 18.2 Å². The largest absolute Gasteiger partial charge is 0.418 e. The molecule has 5 nitrogen and oxygen atoms in total. The van der Waals surface area contributed by atoms with Gasteiger partial charge in [-0.3, -0.25) is 4.79 Å². The van der Waals surface area contributed by atoms with Crippen LogP contribution in [0, 0.1) is 5.82 Å². The molecule has 0 radical (unpaired) electrons. The number of amides is 1. The minimum Gasteiger partial charge on any atom is -0.350 e. The fourth-order valence-electron chi connectivity index (χ4n) is 2.52. The number of hydrogen-bond acceptors (Lipinski definition) is 5. The fraction of sp³-hybridized carbons (Fsp3) is 0.474. The first kappa shape index (κ1) is 23.1. The summed E-state index contributed by atoms with van der Waals surface area (Å²) in [6.07, 6.45) is -4.80. The Labute approximate surface area is 171 Å². The maximum Gasteiger partial charge on any atom is 0.418 e. The van der Waals surface area contributed by atoms with Gasteiger partial charge in [0.05, 0.1) is 11.3 Å². The lowest BCUT2D eigenvalue weighted by Crippen LogP contribution is -2.28. The number of likely N-dealkylation sites (N-methyl/N-ethyl adjacent to an activating group) is 2. The molecule has 0 fully saturated rings. The predicted octanol–water partition coefficient (Wildman–Crippen LogP) is 4.67. The van der Waals surface area contributed by atoms with E-state index in [0.29, 0.717) is 22.6 Å². The van der Waals surface area contributed by atoms with Crippen LogP contribution in [0.25, 0.3) is 0 Å². The normalized spacial score (nSPS) is 12.0. The summed E-state index contributed by atoms with van der Waals surface area (Å²) >= 11 is 1.33. The highest BCUT2D eigenvalue weighted by atomic mass is 32.1. The second-order valence-corrected chi connectivity index (χ2v) is 8.24. The molecule has 10 heteroatoms. The van der Waals surface area contributed by atoms with Gasteiger partial charge >= 0.3 is 6.18 Å². The lowest BCUT2D eigenvalue weighted by molar-refractivity contribution is -0.137. The Morgan fingerprint density at radius 3 is 2.41 bits per heavy atom. The van der Waals surface area contributed by atoms with E-state index in [4.69, 9.17) is 0 Å². The lowest BCUT2D eigenvalue weighted by Gasteiger charge is -2.18. The molecular formula is C19H24F4N4OS. The smallest absolute Gasteiger partial charge is 0.350 e. The summed E-state index contributed by atoms with van der Waals surface area (Å²) in [5.74, 6) is -1.83. The van der Waals surface area contributed by atoms with Gasteiger partial charge in [0.25, 0.3) is 5.91 Å². The van der Waals surface area contributed by atoms with Crippen LogP contribution in [0.4, 0.5) is 28.4 Å². The Hall–Kier alpha value is -2.20. The number of nitrogens with one attached hydrogen (secondary N) is 1. The predicted molar refractivity (Wildman–Crippen MR) is 107 cm³/mol. The second kappa shape index (κ2) is 9.08. The maximum atomic E-state index is 13.3. The van der Waals surface area contributed by atoms with E-state index in [9.17, 15) is 22.4 Å². The van der Waals surface area contributed by atoms with Crippen LogP contribution in [0.5, 0.6) is 0 Å². The molecule has 0 bridgehead atoms. The van der Waals surface area contributed by atoms with E-state index in [-0.39, 0.29) is 11.6 Å². The number of hydrogen-bond donors (Lipinski definition) is 1. The monoisotopic (exact) mass is 432 g/mol. The van der Waals surface area contributed by atoms with E-state index in [1.807, 2.05) is 44.8 Å². The van der Waals surface area contributed by atoms with Gasteiger partial charge in [0.1, 0.15) is 11.5 Å². The van der Waals surface area contributed by atoms with E-state index in [1.165, 1.54) is 11.3 Å². The van der Waals surface area contributed by atoms with Crippen LogP contribution in [0.2, 0.25) is 0 Å². The zero-order valence-electron chi connectivity index (χ0n) is 16.9. The molecule has 0 atom stereocenters. The molecule has 1 aromatic carbocycles.